The maximum atomic E-state index is 15.2. The number of nitrogens with one attached hydrogen (secondary N) is 3. The van der Waals surface area contributed by atoms with E-state index in [9.17, 15) is 8.42 Å². The fourth-order valence-corrected chi connectivity index (χ4v) is 6.56. The molecule has 0 saturated carbocycles. The van der Waals surface area contributed by atoms with Crippen molar-refractivity contribution in [2.24, 2.45) is 0 Å². The van der Waals surface area contributed by atoms with Crippen LogP contribution in [0.3, 0.4) is 0 Å². The fourth-order valence-electron chi connectivity index (χ4n) is 5.09. The van der Waals surface area contributed by atoms with Crippen molar-refractivity contribution in [1.82, 2.24) is 24.5 Å². The van der Waals surface area contributed by atoms with E-state index in [1.54, 1.807) is 28.7 Å². The molecule has 2 aliphatic rings. The minimum Gasteiger partial charge on any atom is -0.367 e. The van der Waals surface area contributed by atoms with E-state index in [4.69, 9.17) is 0 Å². The number of halogens is 1. The Morgan fingerprint density at radius 3 is 2.62 bits per heavy atom. The van der Waals surface area contributed by atoms with Crippen LogP contribution in [0.2, 0.25) is 0 Å². The highest BCUT2D eigenvalue weighted by Crippen LogP contribution is 2.38. The Morgan fingerprint density at radius 1 is 1.22 bits per heavy atom. The summed E-state index contributed by atoms with van der Waals surface area (Å²) in [5.41, 5.74) is 1.06. The number of piperidine rings is 2. The first-order valence-electron chi connectivity index (χ1n) is 10.8. The molecule has 11 heteroatoms. The Kier molecular flexibility index (Phi) is 5.25. The van der Waals surface area contributed by atoms with Gasteiger partial charge in [0.05, 0.1) is 6.26 Å². The number of nitrogens with zero attached hydrogens (tertiary/aromatic N) is 4. The molecule has 0 spiro atoms. The zero-order valence-corrected chi connectivity index (χ0v) is 18.8. The highest BCUT2D eigenvalue weighted by atomic mass is 32.2. The molecule has 9 nitrogen and oxygen atoms in total. The second-order valence-electron chi connectivity index (χ2n) is 8.73. The van der Waals surface area contributed by atoms with Gasteiger partial charge in [-0.3, -0.25) is 10.1 Å². The molecule has 0 aromatic carbocycles. The van der Waals surface area contributed by atoms with Crippen molar-refractivity contribution in [1.29, 1.82) is 0 Å². The Hall–Kier alpha value is -2.79. The zero-order valence-electron chi connectivity index (χ0n) is 18.0. The molecule has 0 aliphatic carbocycles. The number of hydrogen-bond acceptors (Lipinski definition) is 7. The summed E-state index contributed by atoms with van der Waals surface area (Å²) < 4.78 is 41.5. The number of sulfonamides is 1. The molecule has 2 bridgehead atoms. The largest absolute Gasteiger partial charge is 0.367 e. The molecule has 3 aromatic rings. The van der Waals surface area contributed by atoms with E-state index in [2.05, 4.69) is 30.8 Å². The van der Waals surface area contributed by atoms with E-state index in [1.807, 2.05) is 6.92 Å². The van der Waals surface area contributed by atoms with Crippen LogP contribution in [0.25, 0.3) is 10.9 Å². The predicted molar refractivity (Wildman–Crippen MR) is 121 cm³/mol. The van der Waals surface area contributed by atoms with E-state index in [0.29, 0.717) is 29.9 Å². The van der Waals surface area contributed by atoms with Crippen LogP contribution >= 0.6 is 0 Å². The van der Waals surface area contributed by atoms with Crippen LogP contribution in [-0.4, -0.2) is 57.3 Å². The third-order valence-electron chi connectivity index (χ3n) is 6.29. The Bertz CT molecular complexity index is 1250. The molecule has 3 aromatic heterocycles. The minimum atomic E-state index is -3.25. The molecule has 5 heterocycles. The van der Waals surface area contributed by atoms with Crippen LogP contribution in [0.5, 0.6) is 0 Å². The molecule has 3 N–H and O–H groups in total. The number of rotatable bonds is 5. The summed E-state index contributed by atoms with van der Waals surface area (Å²) in [5.74, 6) is 0.487. The Labute approximate surface area is 185 Å². The molecular weight excluding hydrogens is 433 g/mol. The lowest BCUT2D eigenvalue weighted by Crippen LogP contribution is -2.56. The van der Waals surface area contributed by atoms with E-state index in [-0.39, 0.29) is 29.5 Å². The summed E-state index contributed by atoms with van der Waals surface area (Å²) in [6, 6.07) is 5.29. The van der Waals surface area contributed by atoms with Crippen LogP contribution in [0.1, 0.15) is 37.8 Å². The summed E-state index contributed by atoms with van der Waals surface area (Å²) in [7, 11) is -3.25. The number of fused-ring (bicyclic) bond motifs is 3. The van der Waals surface area contributed by atoms with Crippen LogP contribution in [0.15, 0.2) is 24.4 Å². The normalized spacial score (nSPS) is 23.9. The molecule has 170 valence electrons. The zero-order chi connectivity index (χ0) is 22.5. The molecule has 5 rings (SSSR count). The monoisotopic (exact) mass is 459 g/mol. The van der Waals surface area contributed by atoms with Crippen molar-refractivity contribution in [3.63, 3.8) is 0 Å². The number of anilines is 3. The number of aryl methyl sites for hydroxylation is 1. The van der Waals surface area contributed by atoms with Crippen LogP contribution < -0.4 is 10.6 Å². The number of hydrogen-bond donors (Lipinski definition) is 3. The van der Waals surface area contributed by atoms with Gasteiger partial charge >= 0.3 is 0 Å². The van der Waals surface area contributed by atoms with E-state index in [1.165, 1.54) is 6.26 Å². The minimum absolute atomic E-state index is 0.0236. The number of aromatic nitrogens is 4. The molecule has 32 heavy (non-hydrogen) atoms. The van der Waals surface area contributed by atoms with Gasteiger partial charge in [0, 0.05) is 41.5 Å². The second-order valence-corrected chi connectivity index (χ2v) is 10.6. The molecule has 2 aliphatic heterocycles. The first-order chi connectivity index (χ1) is 15.3. The van der Waals surface area contributed by atoms with Gasteiger partial charge in [-0.05, 0) is 44.7 Å². The molecule has 0 amide bonds. The van der Waals surface area contributed by atoms with E-state index >= 15 is 4.39 Å². The van der Waals surface area contributed by atoms with Gasteiger partial charge in [-0.2, -0.15) is 9.40 Å². The van der Waals surface area contributed by atoms with Gasteiger partial charge < -0.3 is 10.6 Å². The van der Waals surface area contributed by atoms with Crippen LogP contribution in [0, 0.1) is 12.7 Å². The van der Waals surface area contributed by atoms with Crippen LogP contribution in [0.4, 0.5) is 21.8 Å². The van der Waals surface area contributed by atoms with Crippen molar-refractivity contribution < 1.29 is 12.8 Å². The third kappa shape index (κ3) is 3.90. The fraction of sp³-hybridized carbons (Fsp3) is 0.476. The summed E-state index contributed by atoms with van der Waals surface area (Å²) in [5, 5.41) is 13.9. The summed E-state index contributed by atoms with van der Waals surface area (Å²) in [4.78, 5) is 8.77. The lowest BCUT2D eigenvalue weighted by Gasteiger charge is -2.47. The average molecular weight is 460 g/mol. The maximum Gasteiger partial charge on any atom is 0.211 e. The predicted octanol–water partition coefficient (Wildman–Crippen LogP) is 3.30. The van der Waals surface area contributed by atoms with Gasteiger partial charge in [-0.1, -0.05) is 6.42 Å². The first kappa shape index (κ1) is 21.1. The number of pyridine rings is 2. The van der Waals surface area contributed by atoms with Crippen molar-refractivity contribution in [3.8, 4) is 0 Å². The third-order valence-corrected chi connectivity index (χ3v) is 7.65. The van der Waals surface area contributed by atoms with Crippen molar-refractivity contribution in [3.05, 3.63) is 35.9 Å². The van der Waals surface area contributed by atoms with E-state index < -0.39 is 15.8 Å². The van der Waals surface area contributed by atoms with E-state index in [0.717, 1.165) is 25.0 Å². The van der Waals surface area contributed by atoms with Crippen LogP contribution in [-0.2, 0) is 10.0 Å². The smallest absolute Gasteiger partial charge is 0.211 e. The van der Waals surface area contributed by atoms with Gasteiger partial charge in [0.2, 0.25) is 10.0 Å². The maximum absolute atomic E-state index is 15.2. The SMILES string of the molecule is Cc1cc(Nc2nc(NC3C[C@H]4CCC[C@@H](C3)N4S(C)(=O)=O)c3cccnc3c2F)n[nH]1. The molecular formula is C21H26FN7O2S. The van der Waals surface area contributed by atoms with Gasteiger partial charge in [-0.25, -0.2) is 17.8 Å². The van der Waals surface area contributed by atoms with Gasteiger partial charge in [0.1, 0.15) is 11.3 Å². The lowest BCUT2D eigenvalue weighted by atomic mass is 9.84. The standard InChI is InChI=1S/C21H26FN7O2S/c1-12-9-17(28-27-12)25-21-18(22)19-16(7-4-8-23-19)20(26-21)24-13-10-14-5-3-6-15(11-13)29(14)32(2,30)31/h4,7-9,13-15H,3,5-6,10-11H2,1-2H3,(H3,24,25,26,27,28)/t13?,14-,15+. The quantitative estimate of drug-likeness (QED) is 0.536. The summed E-state index contributed by atoms with van der Waals surface area (Å²) in [6.45, 7) is 1.86. The first-order valence-corrected chi connectivity index (χ1v) is 12.6. The topological polar surface area (TPSA) is 116 Å². The second kappa shape index (κ2) is 7.96. The van der Waals surface area contributed by atoms with Gasteiger partial charge in [-0.15, -0.1) is 0 Å². The summed E-state index contributed by atoms with van der Waals surface area (Å²) in [6.07, 6.45) is 6.96. The summed E-state index contributed by atoms with van der Waals surface area (Å²) >= 11 is 0. The highest BCUT2D eigenvalue weighted by Gasteiger charge is 2.43. The Balaban J connectivity index is 1.47. The molecule has 0 radical (unpaired) electrons. The number of aromatic amines is 1. The average Bonchev–Trinajstić information content (AvgIpc) is 3.14. The van der Waals surface area contributed by atoms with Gasteiger partial charge in [0.15, 0.2) is 17.5 Å². The molecule has 2 saturated heterocycles. The molecule has 3 atom stereocenters. The van der Waals surface area contributed by atoms with Gasteiger partial charge in [0.25, 0.3) is 0 Å². The lowest BCUT2D eigenvalue weighted by molar-refractivity contribution is 0.116. The van der Waals surface area contributed by atoms with Crippen molar-refractivity contribution in [2.45, 2.75) is 57.2 Å². The highest BCUT2D eigenvalue weighted by molar-refractivity contribution is 7.88. The molecule has 1 unspecified atom stereocenters. The molecule has 2 fully saturated rings. The number of H-pyrrole nitrogens is 1. The van der Waals surface area contributed by atoms with Crippen molar-refractivity contribution in [2.75, 3.05) is 16.9 Å². The van der Waals surface area contributed by atoms with Crippen molar-refractivity contribution >= 4 is 38.4 Å². The Morgan fingerprint density at radius 2 is 1.97 bits per heavy atom.